The zero-order chi connectivity index (χ0) is 22.7. The third kappa shape index (κ3) is 4.49. The summed E-state index contributed by atoms with van der Waals surface area (Å²) in [6.07, 6.45) is 3.32. The fourth-order valence-electron chi connectivity index (χ4n) is 4.22. The molecule has 1 unspecified atom stereocenters. The molecule has 4 heteroatoms. The minimum absolute atomic E-state index is 0.307. The molecule has 4 rings (SSSR count). The van der Waals surface area contributed by atoms with Crippen LogP contribution in [0.1, 0.15) is 45.2 Å². The lowest BCUT2D eigenvalue weighted by Crippen LogP contribution is -2.11. The summed E-state index contributed by atoms with van der Waals surface area (Å²) in [7, 11) is 1.97. The van der Waals surface area contributed by atoms with Crippen LogP contribution >= 0.6 is 0 Å². The van der Waals surface area contributed by atoms with E-state index < -0.39 is 0 Å². The molecule has 0 amide bonds. The van der Waals surface area contributed by atoms with Crippen molar-refractivity contribution < 1.29 is 4.74 Å². The molecule has 0 bridgehead atoms. The van der Waals surface area contributed by atoms with Gasteiger partial charge in [-0.25, -0.2) is 4.98 Å². The van der Waals surface area contributed by atoms with Crippen molar-refractivity contribution in [3.05, 3.63) is 112 Å². The molecular formula is C28H27N3O. The van der Waals surface area contributed by atoms with Crippen molar-refractivity contribution in [3.8, 4) is 17.2 Å². The molecule has 32 heavy (non-hydrogen) atoms. The summed E-state index contributed by atoms with van der Waals surface area (Å²) in [5.74, 6) is 0. The Labute approximate surface area is 189 Å². The average Bonchev–Trinajstić information content (AvgIpc) is 3.19. The second-order valence-corrected chi connectivity index (χ2v) is 8.35. The fraction of sp³-hybridized carbons (Fsp3) is 0.214. The van der Waals surface area contributed by atoms with E-state index in [-0.39, 0.29) is 6.10 Å². The second kappa shape index (κ2) is 9.21. The van der Waals surface area contributed by atoms with Gasteiger partial charge < -0.3 is 9.30 Å². The van der Waals surface area contributed by atoms with Gasteiger partial charge in [-0.2, -0.15) is 5.26 Å². The smallest absolute Gasteiger partial charge is 0.124 e. The maximum Gasteiger partial charge on any atom is 0.124 e. The Hall–Kier alpha value is -3.68. The first-order valence-electron chi connectivity index (χ1n) is 10.7. The molecule has 0 N–H and O–H groups in total. The second-order valence-electron chi connectivity index (χ2n) is 8.35. The maximum absolute atomic E-state index is 9.74. The standard InChI is InChI=1S/C28H27N3O/c1-19-11-20(2)13-22(12-19)17-32-28(27-16-30-18-31(27)4)23-9-10-24(15-29)26(14-23)25-8-6-5-7-21(25)3/h5-14,16,18,28H,17H2,1-4H3. The minimum Gasteiger partial charge on any atom is -0.363 e. The average molecular weight is 422 g/mol. The van der Waals surface area contributed by atoms with Crippen molar-refractivity contribution in [1.29, 1.82) is 5.26 Å². The predicted molar refractivity (Wildman–Crippen MR) is 127 cm³/mol. The van der Waals surface area contributed by atoms with E-state index >= 15 is 0 Å². The topological polar surface area (TPSA) is 50.8 Å². The highest BCUT2D eigenvalue weighted by Crippen LogP contribution is 2.33. The molecule has 3 aromatic carbocycles. The van der Waals surface area contributed by atoms with Crippen molar-refractivity contribution in [2.45, 2.75) is 33.5 Å². The van der Waals surface area contributed by atoms with Gasteiger partial charge >= 0.3 is 0 Å². The Morgan fingerprint density at radius 2 is 1.72 bits per heavy atom. The van der Waals surface area contributed by atoms with Crippen molar-refractivity contribution in [1.82, 2.24) is 9.55 Å². The first-order chi connectivity index (χ1) is 15.5. The third-order valence-corrected chi connectivity index (χ3v) is 5.72. The number of ether oxygens (including phenoxy) is 1. The highest BCUT2D eigenvalue weighted by molar-refractivity contribution is 5.74. The van der Waals surface area contributed by atoms with Crippen LogP contribution in [0.5, 0.6) is 0 Å². The fourth-order valence-corrected chi connectivity index (χ4v) is 4.22. The van der Waals surface area contributed by atoms with Crippen molar-refractivity contribution in [2.75, 3.05) is 0 Å². The molecule has 0 saturated heterocycles. The van der Waals surface area contributed by atoms with E-state index in [1.54, 1.807) is 6.33 Å². The lowest BCUT2D eigenvalue weighted by atomic mass is 9.93. The number of rotatable bonds is 6. The Morgan fingerprint density at radius 1 is 0.969 bits per heavy atom. The Bertz CT molecular complexity index is 1280. The minimum atomic E-state index is -0.307. The number of benzene rings is 3. The molecule has 1 heterocycles. The number of imidazole rings is 1. The van der Waals surface area contributed by atoms with Crippen LogP contribution in [0.25, 0.3) is 11.1 Å². The largest absolute Gasteiger partial charge is 0.363 e. The molecule has 0 radical (unpaired) electrons. The number of nitrogens with zero attached hydrogens (tertiary/aromatic N) is 3. The van der Waals surface area contributed by atoms with E-state index in [4.69, 9.17) is 4.74 Å². The molecule has 1 aromatic heterocycles. The lowest BCUT2D eigenvalue weighted by Gasteiger charge is -2.21. The van der Waals surface area contributed by atoms with Gasteiger partial charge in [0, 0.05) is 12.6 Å². The number of hydrogen-bond donors (Lipinski definition) is 0. The van der Waals surface area contributed by atoms with Crippen molar-refractivity contribution in [2.24, 2.45) is 7.05 Å². The molecule has 4 nitrogen and oxygen atoms in total. The van der Waals surface area contributed by atoms with Gasteiger partial charge in [0.2, 0.25) is 0 Å². The number of nitriles is 1. The van der Waals surface area contributed by atoms with E-state index in [2.05, 4.69) is 68.2 Å². The summed E-state index contributed by atoms with van der Waals surface area (Å²) in [4.78, 5) is 4.31. The first kappa shape index (κ1) is 21.5. The van der Waals surface area contributed by atoms with Crippen molar-refractivity contribution >= 4 is 0 Å². The van der Waals surface area contributed by atoms with E-state index in [0.717, 1.165) is 33.5 Å². The molecule has 0 fully saturated rings. The highest BCUT2D eigenvalue weighted by Gasteiger charge is 2.21. The van der Waals surface area contributed by atoms with Crippen molar-refractivity contribution in [3.63, 3.8) is 0 Å². The Morgan fingerprint density at radius 3 is 2.38 bits per heavy atom. The van der Waals surface area contributed by atoms with Gasteiger partial charge in [-0.3, -0.25) is 0 Å². The summed E-state index contributed by atoms with van der Waals surface area (Å²) in [6.45, 7) is 6.75. The summed E-state index contributed by atoms with van der Waals surface area (Å²) in [6, 6.07) is 22.9. The molecule has 0 aliphatic carbocycles. The van der Waals surface area contributed by atoms with Crippen LogP contribution in [0.2, 0.25) is 0 Å². The van der Waals surface area contributed by atoms with Crippen LogP contribution in [-0.4, -0.2) is 9.55 Å². The van der Waals surface area contributed by atoms with E-state index in [0.29, 0.717) is 12.2 Å². The normalized spacial score (nSPS) is 11.8. The molecule has 160 valence electrons. The summed E-state index contributed by atoms with van der Waals surface area (Å²) >= 11 is 0. The zero-order valence-electron chi connectivity index (χ0n) is 19.0. The molecule has 4 aromatic rings. The summed E-state index contributed by atoms with van der Waals surface area (Å²) in [5.41, 5.74) is 9.32. The molecular weight excluding hydrogens is 394 g/mol. The molecule has 0 saturated carbocycles. The molecule has 1 atom stereocenters. The zero-order valence-corrected chi connectivity index (χ0v) is 19.0. The number of aromatic nitrogens is 2. The van der Waals surface area contributed by atoms with Gasteiger partial charge in [0.05, 0.1) is 36.5 Å². The van der Waals surface area contributed by atoms with E-state index in [9.17, 15) is 5.26 Å². The van der Waals surface area contributed by atoms with Gasteiger partial charge in [0.25, 0.3) is 0 Å². The highest BCUT2D eigenvalue weighted by atomic mass is 16.5. The van der Waals surface area contributed by atoms with Crippen LogP contribution in [0.3, 0.4) is 0 Å². The van der Waals surface area contributed by atoms with Crippen LogP contribution < -0.4 is 0 Å². The molecule has 0 aliphatic heterocycles. The maximum atomic E-state index is 9.74. The Balaban J connectivity index is 1.76. The molecule has 0 aliphatic rings. The van der Waals surface area contributed by atoms with Gasteiger partial charge in [0.1, 0.15) is 6.10 Å². The van der Waals surface area contributed by atoms with Gasteiger partial charge in [-0.05, 0) is 55.2 Å². The SMILES string of the molecule is Cc1cc(C)cc(COC(c2ccc(C#N)c(-c3ccccc3C)c2)c2cncn2C)c1. The van der Waals surface area contributed by atoms with E-state index in [1.165, 1.54) is 11.1 Å². The summed E-state index contributed by atoms with van der Waals surface area (Å²) < 4.78 is 8.48. The number of hydrogen-bond acceptors (Lipinski definition) is 3. The quantitative estimate of drug-likeness (QED) is 0.373. The predicted octanol–water partition coefficient (Wildman–Crippen LogP) is 6.19. The van der Waals surface area contributed by atoms with Crippen LogP contribution in [-0.2, 0) is 18.4 Å². The summed E-state index contributed by atoms with van der Waals surface area (Å²) in [5, 5.41) is 9.74. The lowest BCUT2D eigenvalue weighted by molar-refractivity contribution is 0.0622. The van der Waals surface area contributed by atoms with Crippen LogP contribution in [0.15, 0.2) is 73.2 Å². The Kier molecular flexibility index (Phi) is 6.20. The molecule has 0 spiro atoms. The van der Waals surface area contributed by atoms with Crippen LogP contribution in [0.4, 0.5) is 0 Å². The first-order valence-corrected chi connectivity index (χ1v) is 10.7. The van der Waals surface area contributed by atoms with E-state index in [1.807, 2.05) is 42.1 Å². The number of aryl methyl sites for hydroxylation is 4. The monoisotopic (exact) mass is 421 g/mol. The van der Waals surface area contributed by atoms with Gasteiger partial charge in [0.15, 0.2) is 0 Å². The third-order valence-electron chi connectivity index (χ3n) is 5.72. The van der Waals surface area contributed by atoms with Gasteiger partial charge in [-0.1, -0.05) is 59.7 Å². The van der Waals surface area contributed by atoms with Gasteiger partial charge in [-0.15, -0.1) is 0 Å². The van der Waals surface area contributed by atoms with Crippen LogP contribution in [0, 0.1) is 32.1 Å².